The molecule has 1 unspecified atom stereocenters. The number of rotatable bonds is 6. The number of hydrogen-bond acceptors (Lipinski definition) is 6. The highest BCUT2D eigenvalue weighted by atomic mass is 79.9. The van der Waals surface area contributed by atoms with Crippen LogP contribution in [0.25, 0.3) is 0 Å². The molecule has 3 aromatic rings. The fourth-order valence-electron chi connectivity index (χ4n) is 6.60. The fourth-order valence-corrected chi connectivity index (χ4v) is 7.62. The summed E-state index contributed by atoms with van der Waals surface area (Å²) in [5.41, 5.74) is 4.81. The van der Waals surface area contributed by atoms with Gasteiger partial charge in [-0.15, -0.1) is 0 Å². The first-order valence-electron chi connectivity index (χ1n) is 15.6. The maximum Gasteiger partial charge on any atom is 0.324 e. The second-order valence-electron chi connectivity index (χ2n) is 12.0. The van der Waals surface area contributed by atoms with E-state index in [0.29, 0.717) is 38.3 Å². The third-order valence-corrected chi connectivity index (χ3v) is 10.7. The van der Waals surface area contributed by atoms with Gasteiger partial charge in [-0.05, 0) is 94.6 Å². The average Bonchev–Trinajstić information content (AvgIpc) is 3.21. The second-order valence-corrected chi connectivity index (χ2v) is 14.9. The van der Waals surface area contributed by atoms with Gasteiger partial charge in [-0.2, -0.15) is 13.1 Å². The number of hydrogen-bond donors (Lipinski definition) is 1. The van der Waals surface area contributed by atoms with E-state index < -0.39 is 10.2 Å². The molecule has 10 nitrogen and oxygen atoms in total. The van der Waals surface area contributed by atoms with Gasteiger partial charge in [0.15, 0.2) is 0 Å². The van der Waals surface area contributed by atoms with Crippen molar-refractivity contribution in [2.45, 2.75) is 38.1 Å². The molecule has 2 aromatic carbocycles. The van der Waals surface area contributed by atoms with Crippen molar-refractivity contribution < 1.29 is 17.9 Å². The van der Waals surface area contributed by atoms with Gasteiger partial charge >= 0.3 is 16.2 Å². The van der Waals surface area contributed by atoms with Gasteiger partial charge in [0.2, 0.25) is 5.91 Å². The van der Waals surface area contributed by atoms with Crippen molar-refractivity contribution in [3.8, 4) is 5.75 Å². The van der Waals surface area contributed by atoms with Crippen molar-refractivity contribution >= 4 is 49.7 Å². The van der Waals surface area contributed by atoms with E-state index in [-0.39, 0.29) is 23.9 Å². The SMILES string of the molecule is CNS(=O)(=O)N=C(Oc1ccccc1)N1CCC(CC(=O)N2CCN(C3c4ccc(Cl)cc4CCc4cc(Br)cnc43)CC2)CC1. The van der Waals surface area contributed by atoms with Crippen LogP contribution >= 0.6 is 27.5 Å². The topological polar surface area (TPSA) is 107 Å². The highest BCUT2D eigenvalue weighted by Gasteiger charge is 2.34. The molecule has 0 saturated carbocycles. The van der Waals surface area contributed by atoms with Crippen LogP contribution in [-0.4, -0.2) is 86.3 Å². The van der Waals surface area contributed by atoms with Crippen LogP contribution in [0.1, 0.15) is 47.7 Å². The Bertz CT molecular complexity index is 1640. The number of fused-ring (bicyclic) bond motifs is 2. The molecule has 6 rings (SSSR count). The fraction of sp³-hybridized carbons (Fsp3) is 0.424. The average molecular weight is 730 g/mol. The minimum Gasteiger partial charge on any atom is -0.425 e. The number of pyridine rings is 1. The predicted molar refractivity (Wildman–Crippen MR) is 182 cm³/mol. The Morgan fingerprint density at radius 1 is 1.00 bits per heavy atom. The molecule has 0 radical (unpaired) electrons. The van der Waals surface area contributed by atoms with E-state index in [9.17, 15) is 13.2 Å². The summed E-state index contributed by atoms with van der Waals surface area (Å²) in [6, 6.07) is 17.4. The summed E-state index contributed by atoms with van der Waals surface area (Å²) < 4.78 is 37.5. The number of benzene rings is 2. The zero-order valence-corrected chi connectivity index (χ0v) is 28.9. The molecule has 2 fully saturated rings. The molecular weight excluding hydrogens is 692 g/mol. The summed E-state index contributed by atoms with van der Waals surface area (Å²) in [6.07, 6.45) is 5.63. The predicted octanol–water partition coefficient (Wildman–Crippen LogP) is 4.83. The first-order valence-corrected chi connectivity index (χ1v) is 18.3. The van der Waals surface area contributed by atoms with Crippen molar-refractivity contribution in [3.05, 3.63) is 92.7 Å². The van der Waals surface area contributed by atoms with Crippen LogP contribution in [0, 0.1) is 5.92 Å². The highest BCUT2D eigenvalue weighted by Crippen LogP contribution is 2.38. The number of halogens is 2. The van der Waals surface area contributed by atoms with E-state index in [4.69, 9.17) is 21.3 Å². The Morgan fingerprint density at radius 2 is 1.72 bits per heavy atom. The molecular formula is C33H38BrClN6O4S. The van der Waals surface area contributed by atoms with Crippen molar-refractivity contribution in [2.24, 2.45) is 10.3 Å². The Morgan fingerprint density at radius 3 is 2.43 bits per heavy atom. The summed E-state index contributed by atoms with van der Waals surface area (Å²) in [6.45, 7) is 3.92. The molecule has 3 heterocycles. The zero-order chi connectivity index (χ0) is 32.3. The normalized spacial score (nSPS) is 19.7. The Hall–Kier alpha value is -3.03. The molecule has 46 heavy (non-hydrogen) atoms. The number of nitrogens with one attached hydrogen (secondary N) is 1. The number of aryl methyl sites for hydroxylation is 2. The summed E-state index contributed by atoms with van der Waals surface area (Å²) in [7, 11) is -2.58. The van der Waals surface area contributed by atoms with Gasteiger partial charge in [0, 0.05) is 68.4 Å². The van der Waals surface area contributed by atoms with Crippen LogP contribution in [0.5, 0.6) is 5.75 Å². The molecule has 1 aliphatic carbocycles. The van der Waals surface area contributed by atoms with Crippen LogP contribution in [0.4, 0.5) is 0 Å². The molecule has 0 spiro atoms. The first-order chi connectivity index (χ1) is 22.2. The lowest BCUT2D eigenvalue weighted by Gasteiger charge is -2.40. The van der Waals surface area contributed by atoms with E-state index in [0.717, 1.165) is 54.0 Å². The number of amides is 1. The third-order valence-electron chi connectivity index (χ3n) is 9.08. The number of carbonyl (C=O) groups is 1. The maximum absolute atomic E-state index is 13.5. The number of nitrogens with zero attached hydrogens (tertiary/aromatic N) is 5. The summed E-state index contributed by atoms with van der Waals surface area (Å²) in [5, 5.41) is 0.745. The van der Waals surface area contributed by atoms with Crippen LogP contribution in [-0.2, 0) is 27.8 Å². The van der Waals surface area contributed by atoms with E-state index in [1.165, 1.54) is 23.7 Å². The monoisotopic (exact) mass is 728 g/mol. The molecule has 244 valence electrons. The molecule has 0 bridgehead atoms. The van der Waals surface area contributed by atoms with Gasteiger partial charge in [-0.25, -0.2) is 0 Å². The number of para-hydroxylation sites is 1. The lowest BCUT2D eigenvalue weighted by molar-refractivity contribution is -0.134. The first kappa shape index (κ1) is 32.9. The van der Waals surface area contributed by atoms with Crippen LogP contribution in [0.15, 0.2) is 69.7 Å². The molecule has 1 aromatic heterocycles. The number of likely N-dealkylation sites (tertiary alicyclic amines) is 1. The number of amidine groups is 1. The molecule has 3 aliphatic rings. The smallest absolute Gasteiger partial charge is 0.324 e. The minimum atomic E-state index is -3.89. The quantitative estimate of drug-likeness (QED) is 0.286. The zero-order valence-electron chi connectivity index (χ0n) is 25.7. The lowest BCUT2D eigenvalue weighted by Crippen LogP contribution is -2.50. The number of ether oxygens (including phenoxy) is 1. The minimum absolute atomic E-state index is 0.0140. The summed E-state index contributed by atoms with van der Waals surface area (Å²) in [5.74, 6) is 0.877. The van der Waals surface area contributed by atoms with Gasteiger partial charge in [0.1, 0.15) is 5.75 Å². The van der Waals surface area contributed by atoms with E-state index in [2.05, 4.69) is 48.1 Å². The standard InChI is InChI=1S/C33H38BrClN6O4S/c1-36-46(43,44)38-33(45-28-5-3-2-4-6-28)41-13-11-23(12-14-41)19-30(42)39-15-17-40(18-16-39)32-29-10-9-27(35)21-24(29)7-8-25-20-26(34)22-37-31(25)32/h2-6,9-10,20-23,32,36H,7-8,11-19H2,1H3. The maximum atomic E-state index is 13.5. The highest BCUT2D eigenvalue weighted by molar-refractivity contribution is 9.10. The lowest BCUT2D eigenvalue weighted by atomic mass is 9.93. The van der Waals surface area contributed by atoms with E-state index in [1.807, 2.05) is 40.3 Å². The van der Waals surface area contributed by atoms with E-state index in [1.54, 1.807) is 12.1 Å². The Labute approximate surface area is 284 Å². The summed E-state index contributed by atoms with van der Waals surface area (Å²) in [4.78, 5) is 24.7. The van der Waals surface area contributed by atoms with Gasteiger partial charge < -0.3 is 14.5 Å². The molecule has 13 heteroatoms. The van der Waals surface area contributed by atoms with Crippen LogP contribution in [0.3, 0.4) is 0 Å². The molecule has 2 aliphatic heterocycles. The van der Waals surface area contributed by atoms with Gasteiger partial charge in [0.05, 0.1) is 11.7 Å². The Balaban J connectivity index is 1.07. The van der Waals surface area contributed by atoms with Crippen molar-refractivity contribution in [2.75, 3.05) is 46.3 Å². The molecule has 1 atom stereocenters. The van der Waals surface area contributed by atoms with Crippen molar-refractivity contribution in [1.82, 2.24) is 24.4 Å². The Kier molecular flexibility index (Phi) is 10.3. The number of piperazine rings is 1. The van der Waals surface area contributed by atoms with E-state index >= 15 is 0 Å². The van der Waals surface area contributed by atoms with Gasteiger partial charge in [0.25, 0.3) is 0 Å². The van der Waals surface area contributed by atoms with Gasteiger partial charge in [-0.1, -0.05) is 40.3 Å². The molecule has 1 amide bonds. The number of piperidine rings is 1. The van der Waals surface area contributed by atoms with Crippen LogP contribution < -0.4 is 9.46 Å². The molecule has 1 N–H and O–H groups in total. The van der Waals surface area contributed by atoms with Crippen molar-refractivity contribution in [3.63, 3.8) is 0 Å². The van der Waals surface area contributed by atoms with Crippen LogP contribution in [0.2, 0.25) is 5.02 Å². The third kappa shape index (κ3) is 7.74. The largest absolute Gasteiger partial charge is 0.425 e. The molecule has 2 saturated heterocycles. The van der Waals surface area contributed by atoms with Crippen molar-refractivity contribution in [1.29, 1.82) is 0 Å². The summed E-state index contributed by atoms with van der Waals surface area (Å²) >= 11 is 10.00. The van der Waals surface area contributed by atoms with Gasteiger partial charge in [-0.3, -0.25) is 14.7 Å². The number of carbonyl (C=O) groups excluding carboxylic acids is 1. The number of aromatic nitrogens is 1. The second kappa shape index (κ2) is 14.4.